The molecular weight excluding hydrogens is 406 g/mol. The smallest absolute Gasteiger partial charge is 0.207 e. The summed E-state index contributed by atoms with van der Waals surface area (Å²) >= 11 is 1.07. The SMILES string of the molecule is O=S(=O)(N[C@@H]1CCCN(S(=O)(=O)c2cccs2)C1)c1c(F)cccc1F. The molecule has 0 saturated carbocycles. The maximum Gasteiger partial charge on any atom is 0.252 e. The van der Waals surface area contributed by atoms with Gasteiger partial charge >= 0.3 is 0 Å². The van der Waals surface area contributed by atoms with Gasteiger partial charge in [0.05, 0.1) is 0 Å². The maximum absolute atomic E-state index is 13.8. The Morgan fingerprint density at radius 2 is 1.77 bits per heavy atom. The van der Waals surface area contributed by atoms with Crippen molar-refractivity contribution in [1.82, 2.24) is 9.03 Å². The monoisotopic (exact) mass is 422 g/mol. The van der Waals surface area contributed by atoms with Gasteiger partial charge in [0, 0.05) is 19.1 Å². The maximum atomic E-state index is 13.8. The Balaban J connectivity index is 1.81. The Kier molecular flexibility index (Phi) is 5.45. The van der Waals surface area contributed by atoms with Crippen LogP contribution in [0, 0.1) is 11.6 Å². The van der Waals surface area contributed by atoms with Crippen molar-refractivity contribution in [2.45, 2.75) is 28.0 Å². The lowest BCUT2D eigenvalue weighted by Gasteiger charge is -2.31. The average molecular weight is 423 g/mol. The van der Waals surface area contributed by atoms with Gasteiger partial charge in [0.25, 0.3) is 10.0 Å². The Labute approximate surface area is 154 Å². The zero-order valence-corrected chi connectivity index (χ0v) is 15.9. The van der Waals surface area contributed by atoms with Crippen LogP contribution in [0.5, 0.6) is 0 Å². The van der Waals surface area contributed by atoms with Gasteiger partial charge in [-0.15, -0.1) is 11.3 Å². The number of nitrogens with zero attached hydrogens (tertiary/aromatic N) is 1. The van der Waals surface area contributed by atoms with E-state index >= 15 is 0 Å². The van der Waals surface area contributed by atoms with E-state index in [2.05, 4.69) is 4.72 Å². The van der Waals surface area contributed by atoms with Gasteiger partial charge in [-0.25, -0.2) is 30.3 Å². The Bertz CT molecular complexity index is 972. The quantitative estimate of drug-likeness (QED) is 0.800. The highest BCUT2D eigenvalue weighted by Crippen LogP contribution is 2.25. The van der Waals surface area contributed by atoms with Crippen molar-refractivity contribution in [3.05, 3.63) is 47.3 Å². The van der Waals surface area contributed by atoms with E-state index in [0.29, 0.717) is 12.8 Å². The van der Waals surface area contributed by atoms with E-state index in [0.717, 1.165) is 29.5 Å². The topological polar surface area (TPSA) is 83.6 Å². The first-order valence-electron chi connectivity index (χ1n) is 7.72. The van der Waals surface area contributed by atoms with Crippen LogP contribution in [0.2, 0.25) is 0 Å². The number of piperidine rings is 1. The molecule has 1 fully saturated rings. The normalized spacial score (nSPS) is 19.5. The van der Waals surface area contributed by atoms with Crippen LogP contribution in [0.15, 0.2) is 44.8 Å². The van der Waals surface area contributed by atoms with E-state index in [1.165, 1.54) is 10.4 Å². The van der Waals surface area contributed by atoms with Gasteiger partial charge in [0.15, 0.2) is 4.90 Å². The number of benzene rings is 1. The van der Waals surface area contributed by atoms with Gasteiger partial charge in [-0.2, -0.15) is 4.31 Å². The summed E-state index contributed by atoms with van der Waals surface area (Å²) in [6.45, 7) is 0.155. The highest BCUT2D eigenvalue weighted by Gasteiger charge is 2.34. The van der Waals surface area contributed by atoms with Crippen molar-refractivity contribution < 1.29 is 25.6 Å². The second kappa shape index (κ2) is 7.31. The highest BCUT2D eigenvalue weighted by molar-refractivity contribution is 7.91. The van der Waals surface area contributed by atoms with Crippen LogP contribution in [0.4, 0.5) is 8.78 Å². The minimum Gasteiger partial charge on any atom is -0.207 e. The molecule has 1 aromatic heterocycles. The van der Waals surface area contributed by atoms with Crippen molar-refractivity contribution in [2.75, 3.05) is 13.1 Å². The third-order valence-corrected chi connectivity index (χ3v) is 8.79. The number of nitrogens with one attached hydrogen (secondary N) is 1. The van der Waals surface area contributed by atoms with E-state index in [9.17, 15) is 25.6 Å². The van der Waals surface area contributed by atoms with Gasteiger partial charge in [0.2, 0.25) is 10.0 Å². The summed E-state index contributed by atoms with van der Waals surface area (Å²) in [5.74, 6) is -2.40. The van der Waals surface area contributed by atoms with Gasteiger partial charge in [-0.1, -0.05) is 12.1 Å². The lowest BCUT2D eigenvalue weighted by molar-refractivity contribution is 0.303. The molecule has 2 heterocycles. The molecule has 1 saturated heterocycles. The van der Waals surface area contributed by atoms with Crippen LogP contribution < -0.4 is 4.72 Å². The zero-order valence-electron chi connectivity index (χ0n) is 13.4. The molecular formula is C15H16F2N2O4S3. The summed E-state index contributed by atoms with van der Waals surface area (Å²) in [5.41, 5.74) is 0. The summed E-state index contributed by atoms with van der Waals surface area (Å²) in [6, 6.07) is 5.09. The molecule has 0 aliphatic carbocycles. The Hall–Kier alpha value is -1.40. The standard InChI is InChI=1S/C15H16F2N2O4S3/c16-12-5-1-6-13(17)15(12)25(20,21)18-11-4-2-8-19(10-11)26(22,23)14-7-3-9-24-14/h1,3,5-7,9,11,18H,2,4,8,10H2/t11-/m1/s1. The van der Waals surface area contributed by atoms with E-state index < -0.39 is 42.6 Å². The fourth-order valence-corrected chi connectivity index (χ4v) is 6.88. The molecule has 0 spiro atoms. The van der Waals surface area contributed by atoms with E-state index in [4.69, 9.17) is 0 Å². The Morgan fingerprint density at radius 1 is 1.08 bits per heavy atom. The molecule has 1 aliphatic heterocycles. The van der Waals surface area contributed by atoms with E-state index in [1.54, 1.807) is 11.4 Å². The molecule has 1 aliphatic rings. The summed E-state index contributed by atoms with van der Waals surface area (Å²) in [6.07, 6.45) is 0.795. The van der Waals surface area contributed by atoms with Gasteiger partial charge in [0.1, 0.15) is 15.8 Å². The predicted octanol–water partition coefficient (Wildman–Crippen LogP) is 2.16. The molecule has 11 heteroatoms. The molecule has 2 aromatic rings. The third kappa shape index (κ3) is 3.81. The molecule has 1 N–H and O–H groups in total. The van der Waals surface area contributed by atoms with Crippen LogP contribution in [0.1, 0.15) is 12.8 Å². The number of hydrogen-bond acceptors (Lipinski definition) is 5. The van der Waals surface area contributed by atoms with Gasteiger partial charge in [-0.05, 0) is 36.4 Å². The molecule has 26 heavy (non-hydrogen) atoms. The van der Waals surface area contributed by atoms with Crippen molar-refractivity contribution in [3.63, 3.8) is 0 Å². The summed E-state index contributed by atoms with van der Waals surface area (Å²) < 4.78 is 81.1. The second-order valence-corrected chi connectivity index (χ2v) is 10.6. The first-order chi connectivity index (χ1) is 12.2. The first-order valence-corrected chi connectivity index (χ1v) is 11.5. The number of halogens is 2. The summed E-state index contributed by atoms with van der Waals surface area (Å²) in [7, 11) is -8.18. The lowest BCUT2D eigenvalue weighted by atomic mass is 10.1. The largest absolute Gasteiger partial charge is 0.252 e. The van der Waals surface area contributed by atoms with Crippen LogP contribution >= 0.6 is 11.3 Å². The molecule has 3 rings (SSSR count). The summed E-state index contributed by atoms with van der Waals surface area (Å²) in [4.78, 5) is -1.06. The van der Waals surface area contributed by atoms with Crippen LogP contribution in [-0.4, -0.2) is 40.3 Å². The number of sulfonamides is 2. The second-order valence-electron chi connectivity index (χ2n) is 5.81. The number of hydrogen-bond donors (Lipinski definition) is 1. The Morgan fingerprint density at radius 3 is 2.38 bits per heavy atom. The van der Waals surface area contributed by atoms with Crippen LogP contribution in [-0.2, 0) is 20.0 Å². The van der Waals surface area contributed by atoms with Gasteiger partial charge in [-0.3, -0.25) is 0 Å². The van der Waals surface area contributed by atoms with Crippen molar-refractivity contribution in [2.24, 2.45) is 0 Å². The average Bonchev–Trinajstić information content (AvgIpc) is 3.09. The zero-order chi connectivity index (χ0) is 18.9. The summed E-state index contributed by atoms with van der Waals surface area (Å²) in [5, 5.41) is 1.64. The fraction of sp³-hybridized carbons (Fsp3) is 0.333. The lowest BCUT2D eigenvalue weighted by Crippen LogP contribution is -2.49. The fourth-order valence-electron chi connectivity index (χ4n) is 2.81. The van der Waals surface area contributed by atoms with Crippen molar-refractivity contribution in [1.29, 1.82) is 0 Å². The molecule has 1 atom stereocenters. The highest BCUT2D eigenvalue weighted by atomic mass is 32.2. The van der Waals surface area contributed by atoms with E-state index in [-0.39, 0.29) is 17.3 Å². The minimum atomic E-state index is -4.46. The molecule has 6 nitrogen and oxygen atoms in total. The number of rotatable bonds is 5. The molecule has 0 radical (unpaired) electrons. The van der Waals surface area contributed by atoms with Gasteiger partial charge < -0.3 is 0 Å². The predicted molar refractivity (Wildman–Crippen MR) is 92.8 cm³/mol. The minimum absolute atomic E-state index is 0.102. The molecule has 0 unspecified atom stereocenters. The molecule has 0 bridgehead atoms. The molecule has 1 aromatic carbocycles. The third-order valence-electron chi connectivity index (χ3n) is 3.98. The van der Waals surface area contributed by atoms with E-state index in [1.807, 2.05) is 0 Å². The molecule has 142 valence electrons. The first kappa shape index (κ1) is 19.4. The van der Waals surface area contributed by atoms with Crippen LogP contribution in [0.25, 0.3) is 0 Å². The number of thiophene rings is 1. The van der Waals surface area contributed by atoms with Crippen molar-refractivity contribution in [3.8, 4) is 0 Å². The van der Waals surface area contributed by atoms with Crippen LogP contribution in [0.3, 0.4) is 0 Å². The van der Waals surface area contributed by atoms with Crippen molar-refractivity contribution >= 4 is 31.4 Å². The molecule has 0 amide bonds.